The Kier molecular flexibility index (Phi) is 3.41. The Morgan fingerprint density at radius 1 is 1.11 bits per heavy atom. The normalized spacial score (nSPS) is 30.0. The van der Waals surface area contributed by atoms with Gasteiger partial charge in [0.05, 0.1) is 17.8 Å². The summed E-state index contributed by atoms with van der Waals surface area (Å²) < 4.78 is 1.95. The molecule has 0 bridgehead atoms. The first-order valence-electron chi connectivity index (χ1n) is 10.8. The van der Waals surface area contributed by atoms with Gasteiger partial charge in [-0.15, -0.1) is 0 Å². The van der Waals surface area contributed by atoms with E-state index in [-0.39, 0.29) is 22.8 Å². The summed E-state index contributed by atoms with van der Waals surface area (Å²) in [7, 11) is 0. The predicted molar refractivity (Wildman–Crippen MR) is 100 cm³/mol. The van der Waals surface area contributed by atoms with Gasteiger partial charge < -0.3 is 9.80 Å². The summed E-state index contributed by atoms with van der Waals surface area (Å²) in [6.07, 6.45) is 7.73. The molecule has 1 saturated heterocycles. The van der Waals surface area contributed by atoms with Gasteiger partial charge in [-0.05, 0) is 51.0 Å². The lowest BCUT2D eigenvalue weighted by molar-refractivity contribution is -0.133. The van der Waals surface area contributed by atoms with E-state index in [2.05, 4.69) is 4.90 Å². The molecular weight excluding hydrogens is 340 g/mol. The third-order valence-electron chi connectivity index (χ3n) is 7.49. The second-order valence-corrected chi connectivity index (χ2v) is 9.56. The van der Waals surface area contributed by atoms with E-state index in [4.69, 9.17) is 4.98 Å². The summed E-state index contributed by atoms with van der Waals surface area (Å²) >= 11 is 0. The Morgan fingerprint density at radius 2 is 1.93 bits per heavy atom. The third-order valence-corrected chi connectivity index (χ3v) is 7.49. The minimum atomic E-state index is 0.0873. The second kappa shape index (κ2) is 5.66. The standard InChI is InChI=1S/C21H28N4O2/c26-18(15-3-4-15)24-8-5-17-16(12-24)19(27)25-10-7-21(20(25)22-17)6-9-23(13-21)11-14-1-2-14/h14-15H,1-13H2/t21-/m0/s1. The van der Waals surface area contributed by atoms with Crippen molar-refractivity contribution in [2.45, 2.75) is 63.5 Å². The summed E-state index contributed by atoms with van der Waals surface area (Å²) in [5, 5.41) is 0. The van der Waals surface area contributed by atoms with Crippen LogP contribution in [0.3, 0.4) is 0 Å². The van der Waals surface area contributed by atoms with Crippen LogP contribution in [0.15, 0.2) is 4.79 Å². The van der Waals surface area contributed by atoms with Gasteiger partial charge in [-0.2, -0.15) is 0 Å². The molecule has 6 rings (SSSR count). The molecule has 0 aromatic carbocycles. The molecule has 0 unspecified atom stereocenters. The minimum Gasteiger partial charge on any atom is -0.337 e. The second-order valence-electron chi connectivity index (χ2n) is 9.56. The van der Waals surface area contributed by atoms with Crippen molar-refractivity contribution in [3.05, 3.63) is 27.4 Å². The molecule has 3 aliphatic heterocycles. The van der Waals surface area contributed by atoms with Crippen LogP contribution in [0.1, 0.15) is 55.6 Å². The molecule has 1 aromatic heterocycles. The fourth-order valence-electron chi connectivity index (χ4n) is 5.51. The zero-order valence-corrected chi connectivity index (χ0v) is 16.0. The van der Waals surface area contributed by atoms with Crippen molar-refractivity contribution in [1.82, 2.24) is 19.4 Å². The van der Waals surface area contributed by atoms with E-state index >= 15 is 0 Å². The molecule has 1 amide bonds. The maximum atomic E-state index is 13.2. The van der Waals surface area contributed by atoms with E-state index in [1.165, 1.54) is 19.4 Å². The highest BCUT2D eigenvalue weighted by Crippen LogP contribution is 2.43. The molecule has 2 aliphatic carbocycles. The molecule has 5 aliphatic rings. The molecule has 1 spiro atoms. The molecule has 4 heterocycles. The van der Waals surface area contributed by atoms with Gasteiger partial charge in [-0.1, -0.05) is 0 Å². The first kappa shape index (κ1) is 16.3. The average molecular weight is 368 g/mol. The Morgan fingerprint density at radius 3 is 2.70 bits per heavy atom. The van der Waals surface area contributed by atoms with Gasteiger partial charge in [0.1, 0.15) is 5.82 Å². The number of amides is 1. The largest absolute Gasteiger partial charge is 0.337 e. The average Bonchev–Trinajstić information content (AvgIpc) is 3.60. The van der Waals surface area contributed by atoms with E-state index in [1.807, 2.05) is 9.47 Å². The molecule has 0 N–H and O–H groups in total. The van der Waals surface area contributed by atoms with Crippen molar-refractivity contribution in [1.29, 1.82) is 0 Å². The maximum absolute atomic E-state index is 13.2. The van der Waals surface area contributed by atoms with E-state index in [9.17, 15) is 9.59 Å². The van der Waals surface area contributed by atoms with Crippen molar-refractivity contribution >= 4 is 5.91 Å². The van der Waals surface area contributed by atoms with E-state index in [0.29, 0.717) is 6.54 Å². The Bertz CT molecular complexity index is 870. The van der Waals surface area contributed by atoms with Gasteiger partial charge in [0.15, 0.2) is 0 Å². The number of nitrogens with zero attached hydrogens (tertiary/aromatic N) is 4. The van der Waals surface area contributed by atoms with Gasteiger partial charge in [-0.25, -0.2) is 4.98 Å². The summed E-state index contributed by atoms with van der Waals surface area (Å²) in [4.78, 5) is 35.3. The third kappa shape index (κ3) is 2.59. The van der Waals surface area contributed by atoms with Crippen LogP contribution in [-0.4, -0.2) is 51.4 Å². The number of hydrogen-bond donors (Lipinski definition) is 0. The van der Waals surface area contributed by atoms with Crippen LogP contribution >= 0.6 is 0 Å². The number of aromatic nitrogens is 2. The van der Waals surface area contributed by atoms with Crippen LogP contribution in [-0.2, 0) is 29.7 Å². The summed E-state index contributed by atoms with van der Waals surface area (Å²) in [5.74, 6) is 2.42. The molecule has 144 valence electrons. The quantitative estimate of drug-likeness (QED) is 0.807. The highest BCUT2D eigenvalue weighted by atomic mass is 16.2. The maximum Gasteiger partial charge on any atom is 0.258 e. The lowest BCUT2D eigenvalue weighted by Gasteiger charge is -2.30. The fraction of sp³-hybridized carbons (Fsp3) is 0.762. The van der Waals surface area contributed by atoms with Crippen molar-refractivity contribution in [3.63, 3.8) is 0 Å². The predicted octanol–water partition coefficient (Wildman–Crippen LogP) is 1.30. The highest BCUT2D eigenvalue weighted by molar-refractivity contribution is 5.81. The molecule has 2 saturated carbocycles. The molecule has 1 aromatic rings. The molecule has 0 radical (unpaired) electrons. The number of rotatable bonds is 3. The number of carbonyl (C=O) groups excluding carboxylic acids is 1. The van der Waals surface area contributed by atoms with E-state index in [1.54, 1.807) is 0 Å². The first-order valence-corrected chi connectivity index (χ1v) is 10.8. The van der Waals surface area contributed by atoms with Crippen molar-refractivity contribution in [2.24, 2.45) is 11.8 Å². The summed E-state index contributed by atoms with van der Waals surface area (Å²) in [6.45, 7) is 5.43. The molecule has 3 fully saturated rings. The van der Waals surface area contributed by atoms with Crippen LogP contribution in [0.4, 0.5) is 0 Å². The SMILES string of the molecule is O=C(C1CC1)N1CCc2nc3n(c(=O)c2C1)CC[C@]31CCN(CC2CC2)C1. The zero-order valence-electron chi connectivity index (χ0n) is 16.0. The monoisotopic (exact) mass is 368 g/mol. The molecule has 1 atom stereocenters. The lowest BCUT2D eigenvalue weighted by atomic mass is 9.85. The van der Waals surface area contributed by atoms with Gasteiger partial charge >= 0.3 is 0 Å². The molecular formula is C21H28N4O2. The number of hydrogen-bond acceptors (Lipinski definition) is 4. The Hall–Kier alpha value is -1.69. The van der Waals surface area contributed by atoms with E-state index in [0.717, 1.165) is 81.3 Å². The van der Waals surface area contributed by atoms with Gasteiger partial charge in [0, 0.05) is 43.9 Å². The van der Waals surface area contributed by atoms with Crippen molar-refractivity contribution in [2.75, 3.05) is 26.2 Å². The van der Waals surface area contributed by atoms with Crippen LogP contribution < -0.4 is 5.56 Å². The van der Waals surface area contributed by atoms with Crippen LogP contribution in [0, 0.1) is 11.8 Å². The van der Waals surface area contributed by atoms with Gasteiger partial charge in [0.25, 0.3) is 5.56 Å². The summed E-state index contributed by atoms with van der Waals surface area (Å²) in [5.41, 5.74) is 1.96. The van der Waals surface area contributed by atoms with Crippen LogP contribution in [0.25, 0.3) is 0 Å². The number of likely N-dealkylation sites (tertiary alicyclic amines) is 1. The van der Waals surface area contributed by atoms with E-state index < -0.39 is 0 Å². The van der Waals surface area contributed by atoms with Gasteiger partial charge in [0.2, 0.25) is 5.91 Å². The van der Waals surface area contributed by atoms with Crippen LogP contribution in [0.5, 0.6) is 0 Å². The first-order chi connectivity index (χ1) is 13.1. The number of fused-ring (bicyclic) bond motifs is 3. The molecule has 27 heavy (non-hydrogen) atoms. The highest BCUT2D eigenvalue weighted by Gasteiger charge is 2.48. The molecule has 6 heteroatoms. The minimum absolute atomic E-state index is 0.0873. The topological polar surface area (TPSA) is 58.4 Å². The zero-order chi connectivity index (χ0) is 18.2. The Labute approximate surface area is 159 Å². The summed E-state index contributed by atoms with van der Waals surface area (Å²) in [6, 6.07) is 0. The van der Waals surface area contributed by atoms with Crippen molar-refractivity contribution in [3.8, 4) is 0 Å². The lowest BCUT2D eigenvalue weighted by Crippen LogP contribution is -2.42. The Balaban J connectivity index is 1.30. The smallest absolute Gasteiger partial charge is 0.258 e. The fourth-order valence-corrected chi connectivity index (χ4v) is 5.51. The number of carbonyl (C=O) groups is 1. The van der Waals surface area contributed by atoms with Crippen molar-refractivity contribution < 1.29 is 4.79 Å². The van der Waals surface area contributed by atoms with Gasteiger partial charge in [-0.3, -0.25) is 14.2 Å². The molecule has 6 nitrogen and oxygen atoms in total. The van der Waals surface area contributed by atoms with Crippen LogP contribution in [0.2, 0.25) is 0 Å².